The van der Waals surface area contributed by atoms with E-state index in [1.807, 2.05) is 0 Å². The highest BCUT2D eigenvalue weighted by molar-refractivity contribution is 5.89. The van der Waals surface area contributed by atoms with Crippen molar-refractivity contribution in [2.75, 3.05) is 0 Å². The van der Waals surface area contributed by atoms with Crippen LogP contribution in [-0.4, -0.2) is 10.5 Å². The van der Waals surface area contributed by atoms with E-state index in [9.17, 15) is 9.59 Å². The third-order valence-corrected chi connectivity index (χ3v) is 3.92. The Hall–Kier alpha value is -2.62. The Morgan fingerprint density at radius 1 is 1.00 bits per heavy atom. The Labute approximate surface area is 134 Å². The van der Waals surface area contributed by atoms with Crippen molar-refractivity contribution in [3.8, 4) is 0 Å². The zero-order valence-corrected chi connectivity index (χ0v) is 13.1. The zero-order valence-electron chi connectivity index (χ0n) is 13.1. The van der Waals surface area contributed by atoms with Crippen LogP contribution in [0.4, 0.5) is 0 Å². The molecule has 0 bridgehead atoms. The van der Waals surface area contributed by atoms with E-state index in [-0.39, 0.29) is 12.3 Å². The highest BCUT2D eigenvalue weighted by atomic mass is 16.4. The number of hydrogen-bond acceptors (Lipinski definition) is 3. The monoisotopic (exact) mass is 309 g/mol. The summed E-state index contributed by atoms with van der Waals surface area (Å²) in [4.78, 5) is 24.3. The number of aryl methyl sites for hydroxylation is 2. The molecule has 0 radical (unpaired) electrons. The molecule has 0 N–H and O–H groups in total. The number of hydrogen-bond donors (Lipinski definition) is 0. The number of nitrogens with zero attached hydrogens (tertiary/aromatic N) is 1. The second-order valence-electron chi connectivity index (χ2n) is 5.63. The molecule has 3 aromatic rings. The van der Waals surface area contributed by atoms with Crippen molar-refractivity contribution in [2.45, 2.75) is 32.6 Å². The van der Waals surface area contributed by atoms with Gasteiger partial charge in [-0.25, -0.2) is 9.36 Å². The molecule has 0 spiro atoms. The van der Waals surface area contributed by atoms with Crippen LogP contribution in [-0.2, 0) is 12.8 Å². The van der Waals surface area contributed by atoms with Crippen LogP contribution < -0.4 is 5.76 Å². The number of carbonyl (C=O) groups is 1. The van der Waals surface area contributed by atoms with Gasteiger partial charge in [0.05, 0.1) is 5.52 Å². The van der Waals surface area contributed by atoms with Gasteiger partial charge in [-0.1, -0.05) is 49.7 Å². The molecule has 3 rings (SSSR count). The first-order chi connectivity index (χ1) is 11.2. The average molecular weight is 309 g/mol. The van der Waals surface area contributed by atoms with Crippen LogP contribution in [0.15, 0.2) is 57.7 Å². The summed E-state index contributed by atoms with van der Waals surface area (Å²) < 4.78 is 6.23. The maximum atomic E-state index is 12.4. The lowest BCUT2D eigenvalue weighted by Gasteiger charge is -2.04. The van der Waals surface area contributed by atoms with Crippen LogP contribution in [0, 0.1) is 0 Å². The van der Waals surface area contributed by atoms with Gasteiger partial charge in [0.2, 0.25) is 5.91 Å². The van der Waals surface area contributed by atoms with Crippen molar-refractivity contribution in [1.29, 1.82) is 0 Å². The number of oxazole rings is 1. The molecule has 1 heterocycles. The molecule has 0 saturated heterocycles. The number of carbonyl (C=O) groups excluding carboxylic acids is 1. The first kappa shape index (κ1) is 15.3. The van der Waals surface area contributed by atoms with Crippen LogP contribution in [0.5, 0.6) is 0 Å². The van der Waals surface area contributed by atoms with E-state index >= 15 is 0 Å². The second-order valence-corrected chi connectivity index (χ2v) is 5.63. The van der Waals surface area contributed by atoms with Gasteiger partial charge in [0.25, 0.3) is 0 Å². The molecule has 0 aliphatic heterocycles. The van der Waals surface area contributed by atoms with E-state index in [1.54, 1.807) is 24.3 Å². The topological polar surface area (TPSA) is 52.2 Å². The fourth-order valence-corrected chi connectivity index (χ4v) is 2.73. The van der Waals surface area contributed by atoms with Crippen molar-refractivity contribution < 1.29 is 9.21 Å². The minimum Gasteiger partial charge on any atom is -0.407 e. The smallest absolute Gasteiger partial charge is 0.407 e. The maximum Gasteiger partial charge on any atom is 0.426 e. The Morgan fingerprint density at radius 2 is 1.65 bits per heavy atom. The minimum atomic E-state index is -0.616. The Morgan fingerprint density at radius 3 is 2.35 bits per heavy atom. The molecule has 0 atom stereocenters. The normalized spacial score (nSPS) is 11.0. The quantitative estimate of drug-likeness (QED) is 0.720. The summed E-state index contributed by atoms with van der Waals surface area (Å²) in [5, 5.41) is 0. The summed E-state index contributed by atoms with van der Waals surface area (Å²) in [6.45, 7) is 2.15. The first-order valence-electron chi connectivity index (χ1n) is 7.90. The number of para-hydroxylation sites is 2. The Bertz CT molecular complexity index is 872. The first-order valence-corrected chi connectivity index (χ1v) is 7.90. The van der Waals surface area contributed by atoms with Crippen molar-refractivity contribution >= 4 is 17.0 Å². The molecular weight excluding hydrogens is 290 g/mol. The Balaban J connectivity index is 1.74. The van der Waals surface area contributed by atoms with E-state index < -0.39 is 5.76 Å². The van der Waals surface area contributed by atoms with E-state index in [4.69, 9.17) is 4.42 Å². The van der Waals surface area contributed by atoms with Crippen molar-refractivity contribution in [1.82, 2.24) is 4.57 Å². The highest BCUT2D eigenvalue weighted by Crippen LogP contribution is 2.14. The SMILES string of the molecule is CCCc1ccc(CCC(=O)n2c(=O)oc3ccccc32)cc1. The van der Waals surface area contributed by atoms with Crippen molar-refractivity contribution in [2.24, 2.45) is 0 Å². The van der Waals surface area contributed by atoms with Gasteiger partial charge in [-0.3, -0.25) is 4.79 Å². The maximum absolute atomic E-state index is 12.4. The summed E-state index contributed by atoms with van der Waals surface area (Å²) in [6.07, 6.45) is 3.07. The molecule has 1 aromatic heterocycles. The number of rotatable bonds is 5. The zero-order chi connectivity index (χ0) is 16.2. The van der Waals surface area contributed by atoms with Gasteiger partial charge in [0.15, 0.2) is 5.58 Å². The van der Waals surface area contributed by atoms with E-state index in [1.165, 1.54) is 5.56 Å². The minimum absolute atomic E-state index is 0.238. The number of benzene rings is 2. The van der Waals surface area contributed by atoms with Crippen LogP contribution in [0.2, 0.25) is 0 Å². The fraction of sp³-hybridized carbons (Fsp3) is 0.263. The fourth-order valence-electron chi connectivity index (χ4n) is 2.73. The predicted molar refractivity (Wildman–Crippen MR) is 89.9 cm³/mol. The van der Waals surface area contributed by atoms with E-state index in [0.717, 1.165) is 23.0 Å². The van der Waals surface area contributed by atoms with Gasteiger partial charge >= 0.3 is 5.76 Å². The lowest BCUT2D eigenvalue weighted by molar-refractivity contribution is 0.0899. The molecule has 2 aromatic carbocycles. The number of aromatic nitrogens is 1. The molecule has 0 saturated carbocycles. The third kappa shape index (κ3) is 3.26. The van der Waals surface area contributed by atoms with Crippen molar-refractivity contribution in [3.05, 3.63) is 70.2 Å². The lowest BCUT2D eigenvalue weighted by Crippen LogP contribution is -2.22. The summed E-state index contributed by atoms with van der Waals surface area (Å²) in [7, 11) is 0. The molecule has 0 aliphatic rings. The van der Waals surface area contributed by atoms with E-state index in [0.29, 0.717) is 17.5 Å². The molecule has 4 heteroatoms. The molecule has 23 heavy (non-hydrogen) atoms. The predicted octanol–water partition coefficient (Wildman–Crippen LogP) is 3.82. The molecule has 0 unspecified atom stereocenters. The van der Waals surface area contributed by atoms with Gasteiger partial charge in [-0.05, 0) is 36.1 Å². The molecule has 0 aliphatic carbocycles. The van der Waals surface area contributed by atoms with E-state index in [2.05, 4.69) is 31.2 Å². The van der Waals surface area contributed by atoms with Gasteiger partial charge in [0.1, 0.15) is 0 Å². The van der Waals surface area contributed by atoms with Gasteiger partial charge in [0, 0.05) is 6.42 Å². The highest BCUT2D eigenvalue weighted by Gasteiger charge is 2.15. The molecule has 4 nitrogen and oxygen atoms in total. The van der Waals surface area contributed by atoms with Crippen LogP contribution in [0.3, 0.4) is 0 Å². The molecule has 0 fully saturated rings. The van der Waals surface area contributed by atoms with Crippen LogP contribution in [0.25, 0.3) is 11.1 Å². The molecule has 0 amide bonds. The summed E-state index contributed by atoms with van der Waals surface area (Å²) in [5.41, 5.74) is 3.37. The van der Waals surface area contributed by atoms with Crippen LogP contribution in [0.1, 0.15) is 35.7 Å². The lowest BCUT2D eigenvalue weighted by atomic mass is 10.0. The van der Waals surface area contributed by atoms with Crippen LogP contribution >= 0.6 is 0 Å². The van der Waals surface area contributed by atoms with Gasteiger partial charge in [-0.15, -0.1) is 0 Å². The summed E-state index contributed by atoms with van der Waals surface area (Å²) in [6, 6.07) is 15.3. The standard InChI is InChI=1S/C19H19NO3/c1-2-5-14-8-10-15(11-9-14)12-13-18(21)20-16-6-3-4-7-17(16)23-19(20)22/h3-4,6-11H,2,5,12-13H2,1H3. The second kappa shape index (κ2) is 6.65. The Kier molecular flexibility index (Phi) is 4.42. The average Bonchev–Trinajstić information content (AvgIpc) is 2.90. The largest absolute Gasteiger partial charge is 0.426 e. The molecular formula is C19H19NO3. The van der Waals surface area contributed by atoms with Gasteiger partial charge < -0.3 is 4.42 Å². The summed E-state index contributed by atoms with van der Waals surface area (Å²) >= 11 is 0. The third-order valence-electron chi connectivity index (χ3n) is 3.92. The summed E-state index contributed by atoms with van der Waals surface area (Å²) in [5.74, 6) is -0.855. The molecule has 118 valence electrons. The van der Waals surface area contributed by atoms with Gasteiger partial charge in [-0.2, -0.15) is 0 Å². The number of fused-ring (bicyclic) bond motifs is 1. The van der Waals surface area contributed by atoms with Crippen molar-refractivity contribution in [3.63, 3.8) is 0 Å².